The predicted octanol–water partition coefficient (Wildman–Crippen LogP) is 0.186. The van der Waals surface area contributed by atoms with Gasteiger partial charge in [0.1, 0.15) is 0 Å². The molecule has 1 heterocycles. The molecule has 1 aliphatic heterocycles. The van der Waals surface area contributed by atoms with Gasteiger partial charge in [0.05, 0.1) is 15.7 Å². The molecule has 11 heteroatoms. The molecule has 1 aromatic carbocycles. The van der Waals surface area contributed by atoms with Crippen molar-refractivity contribution in [2.24, 2.45) is 5.14 Å². The summed E-state index contributed by atoms with van der Waals surface area (Å²) in [6.45, 7) is 0.124. The number of sulfonamides is 1. The largest absolute Gasteiger partial charge is 0.478 e. The third kappa shape index (κ3) is 3.86. The van der Waals surface area contributed by atoms with E-state index in [1.54, 1.807) is 0 Å². The molecule has 3 N–H and O–H groups in total. The molecule has 24 heavy (non-hydrogen) atoms. The van der Waals surface area contributed by atoms with Crippen LogP contribution in [0.25, 0.3) is 0 Å². The lowest BCUT2D eigenvalue weighted by Crippen LogP contribution is -2.47. The van der Waals surface area contributed by atoms with E-state index >= 15 is 0 Å². The molecule has 10 nitrogen and oxygen atoms in total. The van der Waals surface area contributed by atoms with Gasteiger partial charge in [0.2, 0.25) is 10.0 Å². The Kier molecular flexibility index (Phi) is 4.85. The maximum absolute atomic E-state index is 12.5. The van der Waals surface area contributed by atoms with E-state index in [0.29, 0.717) is 12.8 Å². The van der Waals surface area contributed by atoms with Gasteiger partial charge in [0, 0.05) is 30.8 Å². The van der Waals surface area contributed by atoms with Gasteiger partial charge in [-0.15, -0.1) is 0 Å². The van der Waals surface area contributed by atoms with Crippen molar-refractivity contribution in [3.05, 3.63) is 39.4 Å². The summed E-state index contributed by atoms with van der Waals surface area (Å²) in [4.78, 5) is 34.9. The van der Waals surface area contributed by atoms with Crippen molar-refractivity contribution in [3.63, 3.8) is 0 Å². The van der Waals surface area contributed by atoms with Crippen LogP contribution in [-0.2, 0) is 10.0 Å². The van der Waals surface area contributed by atoms with Crippen LogP contribution in [0.2, 0.25) is 0 Å². The van der Waals surface area contributed by atoms with Crippen LogP contribution in [0.3, 0.4) is 0 Å². The molecule has 0 bridgehead atoms. The highest BCUT2D eigenvalue weighted by molar-refractivity contribution is 7.89. The SMILES string of the molecule is NS(=O)(=O)C1CCCN(C(=O)c2cc(C(=O)O)cc([N+](=O)[O-])c2)C1. The number of non-ortho nitro benzene ring substituents is 1. The Morgan fingerprint density at radius 1 is 1.29 bits per heavy atom. The highest BCUT2D eigenvalue weighted by atomic mass is 32.2. The lowest BCUT2D eigenvalue weighted by atomic mass is 10.1. The first kappa shape index (κ1) is 17.8. The number of likely N-dealkylation sites (tertiary alicyclic amines) is 1. The molecular weight excluding hydrogens is 342 g/mol. The van der Waals surface area contributed by atoms with Crippen molar-refractivity contribution < 1.29 is 28.0 Å². The van der Waals surface area contributed by atoms with E-state index in [2.05, 4.69) is 0 Å². The Labute approximate surface area is 137 Å². The average Bonchev–Trinajstić information content (AvgIpc) is 2.53. The van der Waals surface area contributed by atoms with E-state index in [1.807, 2.05) is 0 Å². The molecule has 1 fully saturated rings. The van der Waals surface area contributed by atoms with E-state index in [1.165, 1.54) is 4.90 Å². The summed E-state index contributed by atoms with van der Waals surface area (Å²) in [7, 11) is -3.81. The van der Waals surface area contributed by atoms with E-state index in [0.717, 1.165) is 18.2 Å². The van der Waals surface area contributed by atoms with Gasteiger partial charge in [-0.3, -0.25) is 14.9 Å². The minimum atomic E-state index is -3.81. The zero-order valence-electron chi connectivity index (χ0n) is 12.4. The maximum atomic E-state index is 12.5. The quantitative estimate of drug-likeness (QED) is 0.574. The Hall–Kier alpha value is -2.53. The number of carbonyl (C=O) groups is 2. The first-order valence-electron chi connectivity index (χ1n) is 6.93. The number of rotatable bonds is 4. The number of nitro benzene ring substituents is 1. The Bertz CT molecular complexity index is 774. The number of benzene rings is 1. The third-order valence-electron chi connectivity index (χ3n) is 3.75. The minimum absolute atomic E-state index is 0.136. The molecule has 0 spiro atoms. The second kappa shape index (κ2) is 6.53. The molecule has 0 aliphatic carbocycles. The molecule has 1 aliphatic rings. The first-order valence-corrected chi connectivity index (χ1v) is 8.54. The molecule has 2 rings (SSSR count). The van der Waals surface area contributed by atoms with Crippen LogP contribution in [0.4, 0.5) is 5.69 Å². The van der Waals surface area contributed by atoms with Crippen molar-refractivity contribution in [1.82, 2.24) is 4.90 Å². The topological polar surface area (TPSA) is 161 Å². The van der Waals surface area contributed by atoms with Crippen molar-refractivity contribution in [1.29, 1.82) is 0 Å². The van der Waals surface area contributed by atoms with Crippen molar-refractivity contribution in [2.75, 3.05) is 13.1 Å². The number of nitro groups is 1. The third-order valence-corrected chi connectivity index (χ3v) is 5.07. The molecule has 1 saturated heterocycles. The average molecular weight is 357 g/mol. The molecule has 0 aromatic heterocycles. The van der Waals surface area contributed by atoms with Gasteiger partial charge < -0.3 is 10.0 Å². The van der Waals surface area contributed by atoms with E-state index in [4.69, 9.17) is 10.2 Å². The smallest absolute Gasteiger partial charge is 0.335 e. The van der Waals surface area contributed by atoms with Gasteiger partial charge in [0.15, 0.2) is 0 Å². The molecular formula is C13H15N3O7S. The molecule has 0 radical (unpaired) electrons. The summed E-state index contributed by atoms with van der Waals surface area (Å²) in [5.41, 5.74) is -1.11. The van der Waals surface area contributed by atoms with Gasteiger partial charge in [0.25, 0.3) is 11.6 Å². The van der Waals surface area contributed by atoms with Gasteiger partial charge >= 0.3 is 5.97 Å². The Balaban J connectivity index is 2.35. The molecule has 1 atom stereocenters. The Morgan fingerprint density at radius 2 is 1.92 bits per heavy atom. The second-order valence-electron chi connectivity index (χ2n) is 5.44. The first-order chi connectivity index (χ1) is 11.1. The fraction of sp³-hybridized carbons (Fsp3) is 0.385. The second-order valence-corrected chi connectivity index (χ2v) is 7.28. The van der Waals surface area contributed by atoms with Crippen molar-refractivity contribution in [2.45, 2.75) is 18.1 Å². The van der Waals surface area contributed by atoms with E-state index in [9.17, 15) is 28.1 Å². The summed E-state index contributed by atoms with van der Waals surface area (Å²) >= 11 is 0. The number of piperidine rings is 1. The lowest BCUT2D eigenvalue weighted by molar-refractivity contribution is -0.384. The summed E-state index contributed by atoms with van der Waals surface area (Å²) in [6, 6.07) is 2.84. The van der Waals surface area contributed by atoms with Crippen LogP contribution in [0, 0.1) is 10.1 Å². The highest BCUT2D eigenvalue weighted by Gasteiger charge is 2.31. The van der Waals surface area contributed by atoms with Gasteiger partial charge in [-0.2, -0.15) is 0 Å². The number of hydrogen-bond acceptors (Lipinski definition) is 6. The maximum Gasteiger partial charge on any atom is 0.335 e. The number of carboxylic acid groups (broad SMARTS) is 1. The minimum Gasteiger partial charge on any atom is -0.478 e. The number of nitrogens with two attached hydrogens (primary N) is 1. The van der Waals surface area contributed by atoms with Crippen LogP contribution in [0.1, 0.15) is 33.6 Å². The zero-order valence-corrected chi connectivity index (χ0v) is 13.2. The number of hydrogen-bond donors (Lipinski definition) is 2. The Morgan fingerprint density at radius 3 is 2.46 bits per heavy atom. The van der Waals surface area contributed by atoms with Crippen LogP contribution in [0.15, 0.2) is 18.2 Å². The van der Waals surface area contributed by atoms with E-state index in [-0.39, 0.29) is 18.7 Å². The fourth-order valence-corrected chi connectivity index (χ4v) is 3.42. The van der Waals surface area contributed by atoms with Gasteiger partial charge in [-0.1, -0.05) is 0 Å². The lowest BCUT2D eigenvalue weighted by Gasteiger charge is -2.31. The van der Waals surface area contributed by atoms with E-state index < -0.39 is 43.3 Å². The molecule has 1 amide bonds. The van der Waals surface area contributed by atoms with Crippen LogP contribution in [0.5, 0.6) is 0 Å². The number of nitrogens with zero attached hydrogens (tertiary/aromatic N) is 2. The molecule has 130 valence electrons. The van der Waals surface area contributed by atoms with Gasteiger partial charge in [-0.05, 0) is 18.9 Å². The summed E-state index contributed by atoms with van der Waals surface area (Å²) < 4.78 is 22.9. The zero-order chi connectivity index (χ0) is 18.1. The highest BCUT2D eigenvalue weighted by Crippen LogP contribution is 2.22. The number of carbonyl (C=O) groups excluding carboxylic acids is 1. The number of primary sulfonamides is 1. The van der Waals surface area contributed by atoms with Crippen LogP contribution >= 0.6 is 0 Å². The molecule has 0 saturated carbocycles. The normalized spacial score (nSPS) is 18.2. The molecule has 1 unspecified atom stereocenters. The number of amides is 1. The van der Waals surface area contributed by atoms with Gasteiger partial charge in [-0.25, -0.2) is 18.4 Å². The van der Waals surface area contributed by atoms with Crippen molar-refractivity contribution in [3.8, 4) is 0 Å². The number of aromatic carboxylic acids is 1. The van der Waals surface area contributed by atoms with Crippen molar-refractivity contribution >= 4 is 27.6 Å². The fourth-order valence-electron chi connectivity index (χ4n) is 2.54. The number of carboxylic acids is 1. The van der Waals surface area contributed by atoms with Crippen LogP contribution in [-0.4, -0.2) is 53.6 Å². The predicted molar refractivity (Wildman–Crippen MR) is 82.1 cm³/mol. The van der Waals surface area contributed by atoms with Crippen LogP contribution < -0.4 is 5.14 Å². The summed E-state index contributed by atoms with van der Waals surface area (Å²) in [5.74, 6) is -2.08. The molecule has 1 aromatic rings. The summed E-state index contributed by atoms with van der Waals surface area (Å²) in [5, 5.41) is 24.1. The standard InChI is InChI=1S/C13H15N3O7S/c14-24(22,23)11-2-1-3-15(7-11)12(17)8-4-9(13(18)19)6-10(5-8)16(20)21/h4-6,11H,1-3,7H2,(H,18,19)(H2,14,22,23). The monoisotopic (exact) mass is 357 g/mol. The summed E-state index contributed by atoms with van der Waals surface area (Å²) in [6.07, 6.45) is 0.728.